The second-order valence-corrected chi connectivity index (χ2v) is 10.9. The minimum atomic E-state index is -4.61. The number of anilines is 3. The van der Waals surface area contributed by atoms with E-state index in [9.17, 15) is 18.0 Å². The van der Waals surface area contributed by atoms with Gasteiger partial charge in [-0.1, -0.05) is 18.2 Å². The summed E-state index contributed by atoms with van der Waals surface area (Å²) in [6, 6.07) is 9.24. The van der Waals surface area contributed by atoms with Crippen LogP contribution in [0.2, 0.25) is 0 Å². The predicted octanol–water partition coefficient (Wildman–Crippen LogP) is 5.45. The zero-order valence-corrected chi connectivity index (χ0v) is 22.2. The van der Waals surface area contributed by atoms with Gasteiger partial charge in [0.25, 0.3) is 0 Å². The molecule has 210 valence electrons. The summed E-state index contributed by atoms with van der Waals surface area (Å²) in [5.41, 5.74) is 2.08. The quantitative estimate of drug-likeness (QED) is 0.374. The maximum Gasteiger partial charge on any atom is 0.419 e. The summed E-state index contributed by atoms with van der Waals surface area (Å²) in [5, 5.41) is 9.31. The molecule has 3 aliphatic heterocycles. The van der Waals surface area contributed by atoms with E-state index in [1.807, 2.05) is 32.0 Å². The van der Waals surface area contributed by atoms with Crippen LogP contribution in [0.25, 0.3) is 0 Å². The Hall–Kier alpha value is -3.86. The van der Waals surface area contributed by atoms with Gasteiger partial charge in [-0.05, 0) is 69.3 Å². The minimum Gasteiger partial charge on any atom is -0.453 e. The molecule has 0 radical (unpaired) electrons. The van der Waals surface area contributed by atoms with E-state index in [4.69, 9.17) is 9.47 Å². The summed E-state index contributed by atoms with van der Waals surface area (Å²) < 4.78 is 53.3. The second kappa shape index (κ2) is 9.96. The Morgan fingerprint density at radius 1 is 1.12 bits per heavy atom. The van der Waals surface area contributed by atoms with E-state index in [1.165, 1.54) is 0 Å². The zero-order valence-electron chi connectivity index (χ0n) is 22.2. The summed E-state index contributed by atoms with van der Waals surface area (Å²) in [5.74, 6) is 1.34. The molecular formula is C29H30F3N5O3. The van der Waals surface area contributed by atoms with Crippen molar-refractivity contribution in [3.05, 3.63) is 64.5 Å². The molecule has 0 bridgehead atoms. The van der Waals surface area contributed by atoms with Crippen LogP contribution in [0.4, 0.5) is 30.5 Å². The second-order valence-electron chi connectivity index (χ2n) is 10.9. The van der Waals surface area contributed by atoms with Gasteiger partial charge in [-0.25, -0.2) is 9.97 Å². The lowest BCUT2D eigenvalue weighted by molar-refractivity contribution is -0.138. The number of ether oxygens (including phenoxy) is 2. The molecule has 3 N–H and O–H groups in total. The molecule has 0 saturated carbocycles. The van der Waals surface area contributed by atoms with Gasteiger partial charge in [0, 0.05) is 29.9 Å². The average molecular weight is 554 g/mol. The molecule has 8 nitrogen and oxygen atoms in total. The Labute approximate surface area is 229 Å². The molecule has 6 rings (SSSR count). The third-order valence-corrected chi connectivity index (χ3v) is 7.93. The maximum atomic E-state index is 13.9. The molecule has 1 aromatic heterocycles. The fourth-order valence-electron chi connectivity index (χ4n) is 5.88. The van der Waals surface area contributed by atoms with Crippen molar-refractivity contribution in [1.82, 2.24) is 15.3 Å². The highest BCUT2D eigenvalue weighted by atomic mass is 19.4. The number of carbonyl (C=O) groups excluding carboxylic acids is 1. The number of piperidine rings is 1. The Kier molecular flexibility index (Phi) is 6.56. The van der Waals surface area contributed by atoms with Gasteiger partial charge in [-0.3, -0.25) is 4.79 Å². The lowest BCUT2D eigenvalue weighted by atomic mass is 9.82. The topological polar surface area (TPSA) is 97.4 Å². The van der Waals surface area contributed by atoms with Crippen LogP contribution < -0.4 is 25.4 Å². The highest BCUT2D eigenvalue weighted by molar-refractivity contribution is 6.06. The fraction of sp³-hybridized carbons (Fsp3) is 0.414. The van der Waals surface area contributed by atoms with E-state index < -0.39 is 17.2 Å². The lowest BCUT2D eigenvalue weighted by Crippen LogP contribution is -2.28. The highest BCUT2D eigenvalue weighted by Crippen LogP contribution is 2.46. The average Bonchev–Trinajstić information content (AvgIpc) is 3.51. The first-order valence-corrected chi connectivity index (χ1v) is 13.4. The van der Waals surface area contributed by atoms with Crippen LogP contribution in [0.3, 0.4) is 0 Å². The number of aryl methyl sites for hydroxylation is 2. The molecule has 1 saturated heterocycles. The Balaban J connectivity index is 1.29. The summed E-state index contributed by atoms with van der Waals surface area (Å²) >= 11 is 0. The molecule has 4 heterocycles. The normalized spacial score (nSPS) is 19.3. The fourth-order valence-corrected chi connectivity index (χ4v) is 5.88. The smallest absolute Gasteiger partial charge is 0.419 e. The summed E-state index contributed by atoms with van der Waals surface area (Å²) in [4.78, 5) is 20.7. The first-order valence-electron chi connectivity index (χ1n) is 13.4. The van der Waals surface area contributed by atoms with E-state index >= 15 is 0 Å². The molecular weight excluding hydrogens is 523 g/mol. The summed E-state index contributed by atoms with van der Waals surface area (Å²) in [6.07, 6.45) is -1.41. The van der Waals surface area contributed by atoms with Gasteiger partial charge in [0.15, 0.2) is 11.5 Å². The number of hydrogen-bond donors (Lipinski definition) is 3. The number of nitrogens with one attached hydrogen (secondary N) is 3. The first kappa shape index (κ1) is 26.4. The molecule has 40 heavy (non-hydrogen) atoms. The number of hydrogen-bond acceptors (Lipinski definition) is 7. The third-order valence-electron chi connectivity index (χ3n) is 7.93. The number of rotatable bonds is 6. The molecule has 1 unspecified atom stereocenters. The van der Waals surface area contributed by atoms with Crippen molar-refractivity contribution < 1.29 is 27.4 Å². The van der Waals surface area contributed by atoms with Crippen LogP contribution in [0.5, 0.6) is 11.5 Å². The largest absolute Gasteiger partial charge is 0.453 e. The number of fused-ring (bicyclic) bond motifs is 2. The van der Waals surface area contributed by atoms with Gasteiger partial charge >= 0.3 is 6.18 Å². The first-order chi connectivity index (χ1) is 19.1. The zero-order chi connectivity index (χ0) is 28.1. The van der Waals surface area contributed by atoms with Crippen molar-refractivity contribution in [3.8, 4) is 11.5 Å². The third kappa shape index (κ3) is 4.72. The number of carbonyl (C=O) groups is 1. The van der Waals surface area contributed by atoms with E-state index in [-0.39, 0.29) is 37.2 Å². The van der Waals surface area contributed by atoms with Crippen molar-refractivity contribution in [2.75, 3.05) is 30.5 Å². The van der Waals surface area contributed by atoms with Crippen LogP contribution in [-0.4, -0.2) is 35.8 Å². The molecule has 0 aliphatic carbocycles. The van der Waals surface area contributed by atoms with Crippen LogP contribution in [0, 0.1) is 0 Å². The number of nitrogens with zero attached hydrogens (tertiary/aromatic N) is 2. The molecule has 3 aromatic rings. The maximum absolute atomic E-state index is 13.9. The summed E-state index contributed by atoms with van der Waals surface area (Å²) in [7, 11) is 0. The van der Waals surface area contributed by atoms with E-state index in [0.717, 1.165) is 48.8 Å². The molecule has 1 fully saturated rings. The number of alkyl halides is 3. The standard InChI is InChI=1S/C29H30F3N5O3/c1-28(2)23-16(5-3-7-21(23)35-26(28)38)8-10-20-19(29(30,31)32)14-34-27(36-20)37-22-11-9-18(17-6-4-12-33-13-17)24-25(22)40-15-39-24/h3,5,7,9,11,14,17,33H,4,6,8,10,12-13,15H2,1-2H3,(H,35,38)(H,34,36,37). The van der Waals surface area contributed by atoms with Gasteiger partial charge in [0.1, 0.15) is 0 Å². The van der Waals surface area contributed by atoms with Crippen molar-refractivity contribution >= 4 is 23.2 Å². The van der Waals surface area contributed by atoms with Crippen molar-refractivity contribution in [3.63, 3.8) is 0 Å². The van der Waals surface area contributed by atoms with E-state index in [1.54, 1.807) is 12.1 Å². The van der Waals surface area contributed by atoms with Crippen LogP contribution in [-0.2, 0) is 29.2 Å². The van der Waals surface area contributed by atoms with Gasteiger partial charge in [0.2, 0.25) is 18.6 Å². The molecule has 11 heteroatoms. The summed E-state index contributed by atoms with van der Waals surface area (Å²) in [6.45, 7) is 5.52. The van der Waals surface area contributed by atoms with Gasteiger partial charge < -0.3 is 25.4 Å². The van der Waals surface area contributed by atoms with Gasteiger partial charge in [-0.2, -0.15) is 13.2 Å². The number of halogens is 3. The highest BCUT2D eigenvalue weighted by Gasteiger charge is 2.40. The molecule has 1 atom stereocenters. The predicted molar refractivity (Wildman–Crippen MR) is 143 cm³/mol. The van der Waals surface area contributed by atoms with Crippen molar-refractivity contribution in [2.24, 2.45) is 0 Å². The Morgan fingerprint density at radius 3 is 2.73 bits per heavy atom. The van der Waals surface area contributed by atoms with Crippen LogP contribution in [0.1, 0.15) is 60.6 Å². The Morgan fingerprint density at radius 2 is 1.95 bits per heavy atom. The van der Waals surface area contributed by atoms with E-state index in [0.29, 0.717) is 28.8 Å². The molecule has 2 aromatic carbocycles. The lowest BCUT2D eigenvalue weighted by Gasteiger charge is -2.24. The van der Waals surface area contributed by atoms with Gasteiger partial charge in [-0.15, -0.1) is 0 Å². The number of benzene rings is 2. The molecule has 0 spiro atoms. The van der Waals surface area contributed by atoms with E-state index in [2.05, 4.69) is 25.9 Å². The molecule has 3 aliphatic rings. The van der Waals surface area contributed by atoms with Crippen LogP contribution in [0.15, 0.2) is 36.5 Å². The SMILES string of the molecule is CC1(C)C(=O)Nc2cccc(CCc3nc(Nc4ccc(C5CCCNC5)c5c4OCO5)ncc3C(F)(F)F)c21. The minimum absolute atomic E-state index is 0.0120. The monoisotopic (exact) mass is 553 g/mol. The van der Waals surface area contributed by atoms with Crippen molar-refractivity contribution in [1.29, 1.82) is 0 Å². The number of aromatic nitrogens is 2. The molecule has 1 amide bonds. The van der Waals surface area contributed by atoms with Gasteiger partial charge in [0.05, 0.1) is 22.4 Å². The van der Waals surface area contributed by atoms with Crippen LogP contribution >= 0.6 is 0 Å². The number of amides is 1. The van der Waals surface area contributed by atoms with Crippen molar-refractivity contribution in [2.45, 2.75) is 57.0 Å². The Bertz CT molecular complexity index is 1470.